The van der Waals surface area contributed by atoms with E-state index in [4.69, 9.17) is 4.98 Å². The van der Waals surface area contributed by atoms with Crippen LogP contribution in [0.15, 0.2) is 48.5 Å². The van der Waals surface area contributed by atoms with E-state index in [-0.39, 0.29) is 5.41 Å². The van der Waals surface area contributed by atoms with Gasteiger partial charge in [0, 0.05) is 10.9 Å². The summed E-state index contributed by atoms with van der Waals surface area (Å²) in [6.07, 6.45) is 0.748. The fourth-order valence-corrected chi connectivity index (χ4v) is 3.12. The molecule has 1 aromatic heterocycles. The molecule has 0 N–H and O–H groups in total. The van der Waals surface area contributed by atoms with E-state index in [2.05, 4.69) is 68.4 Å². The first kappa shape index (κ1) is 16.2. The Kier molecular flexibility index (Phi) is 4.11. The van der Waals surface area contributed by atoms with Gasteiger partial charge in [-0.05, 0) is 70.0 Å². The van der Waals surface area contributed by atoms with Crippen molar-refractivity contribution in [3.8, 4) is 17.3 Å². The van der Waals surface area contributed by atoms with E-state index in [0.29, 0.717) is 0 Å². The standard InChI is InChI=1S/C22H22N2/c1-15-9-16(2)11-19(10-15)21-8-6-18-12-17(5-7-20(18)24-21)13-22(3,4)14-23/h5-12H,13H2,1-4H3. The molecule has 0 spiro atoms. The van der Waals surface area contributed by atoms with Crippen LogP contribution in [-0.2, 0) is 6.42 Å². The van der Waals surface area contributed by atoms with Crippen molar-refractivity contribution in [3.05, 3.63) is 65.2 Å². The summed E-state index contributed by atoms with van der Waals surface area (Å²) in [5.41, 5.74) is 6.48. The molecule has 0 atom stereocenters. The number of benzene rings is 2. The second-order valence-electron chi connectivity index (χ2n) is 7.27. The minimum absolute atomic E-state index is 0.347. The SMILES string of the molecule is Cc1cc(C)cc(-c2ccc3cc(CC(C)(C)C#N)ccc3n2)c1. The van der Waals surface area contributed by atoms with Gasteiger partial charge >= 0.3 is 0 Å². The highest BCUT2D eigenvalue weighted by atomic mass is 14.7. The lowest BCUT2D eigenvalue weighted by Crippen LogP contribution is -2.11. The third kappa shape index (κ3) is 3.46. The first-order valence-corrected chi connectivity index (χ1v) is 8.26. The molecule has 0 amide bonds. The molecule has 1 heterocycles. The van der Waals surface area contributed by atoms with Gasteiger partial charge in [-0.1, -0.05) is 29.3 Å². The third-order valence-electron chi connectivity index (χ3n) is 4.22. The Morgan fingerprint density at radius 3 is 2.33 bits per heavy atom. The van der Waals surface area contributed by atoms with Crippen LogP contribution in [0.3, 0.4) is 0 Å². The summed E-state index contributed by atoms with van der Waals surface area (Å²) < 4.78 is 0. The number of aromatic nitrogens is 1. The zero-order chi connectivity index (χ0) is 17.3. The Morgan fingerprint density at radius 2 is 1.67 bits per heavy atom. The van der Waals surface area contributed by atoms with Crippen molar-refractivity contribution in [1.29, 1.82) is 5.26 Å². The maximum Gasteiger partial charge on any atom is 0.0709 e. The first-order chi connectivity index (χ1) is 11.4. The summed E-state index contributed by atoms with van der Waals surface area (Å²) in [5, 5.41) is 10.3. The molecule has 0 unspecified atom stereocenters. The highest BCUT2D eigenvalue weighted by Gasteiger charge is 2.17. The molecule has 0 saturated heterocycles. The van der Waals surface area contributed by atoms with E-state index >= 15 is 0 Å². The molecule has 0 aliphatic heterocycles. The fraction of sp³-hybridized carbons (Fsp3) is 0.273. The monoisotopic (exact) mass is 314 g/mol. The van der Waals surface area contributed by atoms with Crippen molar-refractivity contribution in [2.24, 2.45) is 5.41 Å². The molecule has 2 nitrogen and oxygen atoms in total. The van der Waals surface area contributed by atoms with Crippen molar-refractivity contribution in [2.45, 2.75) is 34.1 Å². The summed E-state index contributed by atoms with van der Waals surface area (Å²) in [6.45, 7) is 8.17. The number of pyridine rings is 1. The van der Waals surface area contributed by atoms with Gasteiger partial charge in [-0.25, -0.2) is 4.98 Å². The lowest BCUT2D eigenvalue weighted by atomic mass is 9.87. The maximum atomic E-state index is 9.21. The Balaban J connectivity index is 1.99. The normalized spacial score (nSPS) is 11.5. The summed E-state index contributed by atoms with van der Waals surface area (Å²) in [5.74, 6) is 0. The van der Waals surface area contributed by atoms with Gasteiger partial charge < -0.3 is 0 Å². The van der Waals surface area contributed by atoms with Crippen molar-refractivity contribution >= 4 is 10.9 Å². The molecule has 0 aliphatic carbocycles. The van der Waals surface area contributed by atoms with Gasteiger partial charge in [0.25, 0.3) is 0 Å². The van der Waals surface area contributed by atoms with E-state index in [1.807, 2.05) is 13.8 Å². The smallest absolute Gasteiger partial charge is 0.0709 e. The van der Waals surface area contributed by atoms with Gasteiger partial charge in [0.2, 0.25) is 0 Å². The van der Waals surface area contributed by atoms with Gasteiger partial charge in [-0.15, -0.1) is 0 Å². The molecule has 0 saturated carbocycles. The molecule has 24 heavy (non-hydrogen) atoms. The van der Waals surface area contributed by atoms with E-state index in [0.717, 1.165) is 28.6 Å². The van der Waals surface area contributed by atoms with Crippen LogP contribution in [0.2, 0.25) is 0 Å². The highest BCUT2D eigenvalue weighted by Crippen LogP contribution is 2.26. The van der Waals surface area contributed by atoms with Gasteiger partial charge in [0.1, 0.15) is 0 Å². The number of hydrogen-bond donors (Lipinski definition) is 0. The van der Waals surface area contributed by atoms with Crippen LogP contribution in [0.4, 0.5) is 0 Å². The lowest BCUT2D eigenvalue weighted by Gasteiger charge is -2.15. The highest BCUT2D eigenvalue weighted by molar-refractivity contribution is 5.82. The van der Waals surface area contributed by atoms with Crippen LogP contribution in [-0.4, -0.2) is 4.98 Å². The largest absolute Gasteiger partial charge is 0.248 e. The van der Waals surface area contributed by atoms with Crippen molar-refractivity contribution in [1.82, 2.24) is 4.98 Å². The van der Waals surface area contributed by atoms with Gasteiger partial charge in [-0.3, -0.25) is 0 Å². The summed E-state index contributed by atoms with van der Waals surface area (Å²) in [4.78, 5) is 4.82. The second-order valence-corrected chi connectivity index (χ2v) is 7.27. The van der Waals surface area contributed by atoms with Crippen LogP contribution in [0.1, 0.15) is 30.5 Å². The fourth-order valence-electron chi connectivity index (χ4n) is 3.12. The van der Waals surface area contributed by atoms with Crippen molar-refractivity contribution in [3.63, 3.8) is 0 Å². The number of hydrogen-bond acceptors (Lipinski definition) is 2. The quantitative estimate of drug-likeness (QED) is 0.630. The second kappa shape index (κ2) is 6.09. The molecule has 0 bridgehead atoms. The van der Waals surface area contributed by atoms with E-state index in [1.54, 1.807) is 0 Å². The molecule has 0 fully saturated rings. The summed E-state index contributed by atoms with van der Waals surface area (Å²) in [7, 11) is 0. The predicted octanol–water partition coefficient (Wildman–Crippen LogP) is 5.61. The Hall–Kier alpha value is -2.66. The van der Waals surface area contributed by atoms with E-state index in [9.17, 15) is 5.26 Å². The molecule has 3 rings (SSSR count). The van der Waals surface area contributed by atoms with Gasteiger partial charge in [0.15, 0.2) is 0 Å². The molecule has 2 aromatic carbocycles. The average molecular weight is 314 g/mol. The Morgan fingerprint density at radius 1 is 0.958 bits per heavy atom. The molecule has 120 valence electrons. The minimum Gasteiger partial charge on any atom is -0.248 e. The van der Waals surface area contributed by atoms with Crippen LogP contribution in [0.25, 0.3) is 22.2 Å². The van der Waals surface area contributed by atoms with Crippen LogP contribution < -0.4 is 0 Å². The first-order valence-electron chi connectivity index (χ1n) is 8.26. The topological polar surface area (TPSA) is 36.7 Å². The predicted molar refractivity (Wildman–Crippen MR) is 99.8 cm³/mol. The summed E-state index contributed by atoms with van der Waals surface area (Å²) in [6, 6.07) is 19.4. The van der Waals surface area contributed by atoms with Crippen LogP contribution in [0.5, 0.6) is 0 Å². The molecular formula is C22H22N2. The molecule has 0 radical (unpaired) electrons. The van der Waals surface area contributed by atoms with Crippen molar-refractivity contribution in [2.75, 3.05) is 0 Å². The zero-order valence-electron chi connectivity index (χ0n) is 14.7. The maximum absolute atomic E-state index is 9.21. The average Bonchev–Trinajstić information content (AvgIpc) is 2.53. The number of nitrogens with zero attached hydrogens (tertiary/aromatic N) is 2. The lowest BCUT2D eigenvalue weighted by molar-refractivity contribution is 0.494. The summed E-state index contributed by atoms with van der Waals surface area (Å²) >= 11 is 0. The van der Waals surface area contributed by atoms with Crippen LogP contribution in [0, 0.1) is 30.6 Å². The molecule has 2 heteroatoms. The third-order valence-corrected chi connectivity index (χ3v) is 4.22. The van der Waals surface area contributed by atoms with Crippen LogP contribution >= 0.6 is 0 Å². The molecular weight excluding hydrogens is 292 g/mol. The van der Waals surface area contributed by atoms with E-state index < -0.39 is 0 Å². The van der Waals surface area contributed by atoms with Crippen molar-refractivity contribution < 1.29 is 0 Å². The minimum atomic E-state index is -0.347. The molecule has 3 aromatic rings. The Bertz CT molecular complexity index is 926. The van der Waals surface area contributed by atoms with E-state index in [1.165, 1.54) is 16.7 Å². The van der Waals surface area contributed by atoms with Gasteiger partial charge in [-0.2, -0.15) is 5.26 Å². The number of fused-ring (bicyclic) bond motifs is 1. The Labute approximate surface area is 143 Å². The molecule has 0 aliphatic rings. The number of nitriles is 1. The number of rotatable bonds is 3. The zero-order valence-corrected chi connectivity index (χ0v) is 14.7. The number of aryl methyl sites for hydroxylation is 2. The van der Waals surface area contributed by atoms with Gasteiger partial charge in [0.05, 0.1) is 22.7 Å².